The molecule has 1 saturated carbocycles. The van der Waals surface area contributed by atoms with Crippen molar-refractivity contribution in [1.82, 2.24) is 4.90 Å². The van der Waals surface area contributed by atoms with Gasteiger partial charge in [-0.2, -0.15) is 0 Å². The second-order valence-electron chi connectivity index (χ2n) is 5.97. The maximum Gasteiger partial charge on any atom is 0.00388 e. The molecule has 1 unspecified atom stereocenters. The smallest absolute Gasteiger partial charge is 0.00388 e. The molecule has 0 spiro atoms. The molecule has 0 aromatic heterocycles. The van der Waals surface area contributed by atoms with Crippen LogP contribution in [0, 0.1) is 23.7 Å². The SMILES string of the molecule is CC(C)C1[C@@H]2CC[C@H]1CN(C(C)C)C2. The van der Waals surface area contributed by atoms with Gasteiger partial charge in [-0.1, -0.05) is 13.8 Å². The number of likely N-dealkylation sites (tertiary alicyclic amines) is 1. The van der Waals surface area contributed by atoms with Crippen molar-refractivity contribution in [2.45, 2.75) is 46.6 Å². The Balaban J connectivity index is 2.05. The van der Waals surface area contributed by atoms with Gasteiger partial charge in [0, 0.05) is 19.1 Å². The Hall–Kier alpha value is -0.0400. The first-order chi connectivity index (χ1) is 6.59. The molecule has 0 aromatic rings. The van der Waals surface area contributed by atoms with Gasteiger partial charge in [0.1, 0.15) is 0 Å². The highest BCUT2D eigenvalue weighted by molar-refractivity contribution is 4.94. The maximum absolute atomic E-state index is 2.70. The molecule has 0 amide bonds. The van der Waals surface area contributed by atoms with Crippen LogP contribution in [0.4, 0.5) is 0 Å². The zero-order valence-corrected chi connectivity index (χ0v) is 10.2. The van der Waals surface area contributed by atoms with Crippen molar-refractivity contribution in [3.8, 4) is 0 Å². The van der Waals surface area contributed by atoms with Gasteiger partial charge in [0.15, 0.2) is 0 Å². The molecule has 2 bridgehead atoms. The third-order valence-corrected chi connectivity index (χ3v) is 4.44. The fraction of sp³-hybridized carbons (Fsp3) is 1.00. The average Bonchev–Trinajstić information content (AvgIpc) is 2.37. The van der Waals surface area contributed by atoms with E-state index >= 15 is 0 Å². The summed E-state index contributed by atoms with van der Waals surface area (Å²) in [6, 6.07) is 0.756. The molecule has 14 heavy (non-hydrogen) atoms. The lowest BCUT2D eigenvalue weighted by molar-refractivity contribution is 0.0612. The van der Waals surface area contributed by atoms with E-state index < -0.39 is 0 Å². The number of hydrogen-bond acceptors (Lipinski definition) is 1. The monoisotopic (exact) mass is 195 g/mol. The first kappa shape index (κ1) is 10.5. The molecule has 0 radical (unpaired) electrons. The summed E-state index contributed by atoms with van der Waals surface area (Å²) < 4.78 is 0. The summed E-state index contributed by atoms with van der Waals surface area (Å²) in [4.78, 5) is 2.70. The Morgan fingerprint density at radius 2 is 1.43 bits per heavy atom. The summed E-state index contributed by atoms with van der Waals surface area (Å²) in [5, 5.41) is 0. The summed E-state index contributed by atoms with van der Waals surface area (Å²) in [6.45, 7) is 12.3. The molecule has 1 heteroatoms. The molecule has 1 heterocycles. The minimum absolute atomic E-state index is 0.756. The van der Waals surface area contributed by atoms with Gasteiger partial charge >= 0.3 is 0 Å². The van der Waals surface area contributed by atoms with E-state index in [1.165, 1.54) is 25.9 Å². The van der Waals surface area contributed by atoms with E-state index in [4.69, 9.17) is 0 Å². The Kier molecular flexibility index (Phi) is 2.88. The van der Waals surface area contributed by atoms with Crippen LogP contribution in [-0.4, -0.2) is 24.0 Å². The van der Waals surface area contributed by atoms with Crippen LogP contribution in [0.25, 0.3) is 0 Å². The van der Waals surface area contributed by atoms with Gasteiger partial charge in [-0.3, -0.25) is 0 Å². The fourth-order valence-electron chi connectivity index (χ4n) is 3.81. The lowest BCUT2D eigenvalue weighted by atomic mass is 9.77. The van der Waals surface area contributed by atoms with Crippen molar-refractivity contribution in [3.63, 3.8) is 0 Å². The quantitative estimate of drug-likeness (QED) is 0.654. The van der Waals surface area contributed by atoms with Crippen molar-refractivity contribution in [3.05, 3.63) is 0 Å². The van der Waals surface area contributed by atoms with Crippen LogP contribution in [0.3, 0.4) is 0 Å². The van der Waals surface area contributed by atoms with Gasteiger partial charge in [0.2, 0.25) is 0 Å². The number of rotatable bonds is 2. The van der Waals surface area contributed by atoms with Crippen molar-refractivity contribution in [1.29, 1.82) is 0 Å². The van der Waals surface area contributed by atoms with Crippen LogP contribution >= 0.6 is 0 Å². The van der Waals surface area contributed by atoms with E-state index in [0.717, 1.165) is 29.7 Å². The lowest BCUT2D eigenvalue weighted by Crippen LogP contribution is -2.46. The Labute approximate surface area is 88.9 Å². The predicted octanol–water partition coefficient (Wildman–Crippen LogP) is 3.01. The molecule has 2 rings (SSSR count). The number of piperidine rings is 1. The molecule has 1 aliphatic carbocycles. The Morgan fingerprint density at radius 1 is 0.929 bits per heavy atom. The topological polar surface area (TPSA) is 3.24 Å². The molecule has 2 aliphatic rings. The number of nitrogens with zero attached hydrogens (tertiary/aromatic N) is 1. The van der Waals surface area contributed by atoms with Crippen molar-refractivity contribution >= 4 is 0 Å². The molecule has 3 atom stereocenters. The van der Waals surface area contributed by atoms with E-state index in [-0.39, 0.29) is 0 Å². The summed E-state index contributed by atoms with van der Waals surface area (Å²) in [5.41, 5.74) is 0. The van der Waals surface area contributed by atoms with Gasteiger partial charge in [0.05, 0.1) is 0 Å². The highest BCUT2D eigenvalue weighted by Gasteiger charge is 2.43. The van der Waals surface area contributed by atoms with Crippen LogP contribution in [0.1, 0.15) is 40.5 Å². The van der Waals surface area contributed by atoms with Crippen LogP contribution in [0.2, 0.25) is 0 Å². The first-order valence-corrected chi connectivity index (χ1v) is 6.33. The summed E-state index contributed by atoms with van der Waals surface area (Å²) in [6.07, 6.45) is 2.99. The van der Waals surface area contributed by atoms with E-state index in [1.807, 2.05) is 0 Å². The number of fused-ring (bicyclic) bond motifs is 2. The van der Waals surface area contributed by atoms with E-state index in [0.29, 0.717) is 0 Å². The van der Waals surface area contributed by atoms with Crippen LogP contribution in [0.5, 0.6) is 0 Å². The third-order valence-electron chi connectivity index (χ3n) is 4.44. The second-order valence-corrected chi connectivity index (χ2v) is 5.97. The minimum atomic E-state index is 0.756. The summed E-state index contributed by atoms with van der Waals surface area (Å²) in [7, 11) is 0. The van der Waals surface area contributed by atoms with Crippen LogP contribution in [-0.2, 0) is 0 Å². The highest BCUT2D eigenvalue weighted by atomic mass is 15.2. The molecule has 1 saturated heterocycles. The zero-order valence-electron chi connectivity index (χ0n) is 10.2. The van der Waals surface area contributed by atoms with E-state index in [1.54, 1.807) is 0 Å². The van der Waals surface area contributed by atoms with Gasteiger partial charge in [0.25, 0.3) is 0 Å². The minimum Gasteiger partial charge on any atom is -0.300 e. The maximum atomic E-state index is 2.70. The molecule has 1 nitrogen and oxygen atoms in total. The Morgan fingerprint density at radius 3 is 1.79 bits per heavy atom. The largest absolute Gasteiger partial charge is 0.300 e. The molecular weight excluding hydrogens is 170 g/mol. The van der Waals surface area contributed by atoms with E-state index in [2.05, 4.69) is 32.6 Å². The molecule has 2 fully saturated rings. The average molecular weight is 195 g/mol. The third kappa shape index (κ3) is 1.71. The van der Waals surface area contributed by atoms with Crippen molar-refractivity contribution < 1.29 is 0 Å². The van der Waals surface area contributed by atoms with Crippen molar-refractivity contribution in [2.24, 2.45) is 23.7 Å². The lowest BCUT2D eigenvalue weighted by Gasteiger charge is -2.41. The molecule has 0 N–H and O–H groups in total. The molecule has 1 aliphatic heterocycles. The van der Waals surface area contributed by atoms with Crippen LogP contribution < -0.4 is 0 Å². The fourth-order valence-corrected chi connectivity index (χ4v) is 3.81. The van der Waals surface area contributed by atoms with Gasteiger partial charge in [-0.05, 0) is 50.4 Å². The highest BCUT2D eigenvalue weighted by Crippen LogP contribution is 2.45. The molecule has 0 aromatic carbocycles. The first-order valence-electron chi connectivity index (χ1n) is 6.33. The van der Waals surface area contributed by atoms with Crippen LogP contribution in [0.15, 0.2) is 0 Å². The summed E-state index contributed by atoms with van der Waals surface area (Å²) in [5.74, 6) is 3.96. The second kappa shape index (κ2) is 3.84. The summed E-state index contributed by atoms with van der Waals surface area (Å²) >= 11 is 0. The normalized spacial score (nSPS) is 38.6. The van der Waals surface area contributed by atoms with E-state index in [9.17, 15) is 0 Å². The van der Waals surface area contributed by atoms with Gasteiger partial charge in [-0.15, -0.1) is 0 Å². The molecular formula is C13H25N. The van der Waals surface area contributed by atoms with Gasteiger partial charge < -0.3 is 4.90 Å². The Bertz CT molecular complexity index is 183. The van der Waals surface area contributed by atoms with Gasteiger partial charge in [-0.25, -0.2) is 0 Å². The van der Waals surface area contributed by atoms with Crippen molar-refractivity contribution in [2.75, 3.05) is 13.1 Å². The zero-order chi connectivity index (χ0) is 10.3. The predicted molar refractivity (Wildman–Crippen MR) is 61.3 cm³/mol. The standard InChI is InChI=1S/C13H25N/c1-9(2)13-11-5-6-12(13)8-14(7-11)10(3)4/h9-13H,5-8H2,1-4H3/t11-,12+,13?. The molecule has 82 valence electrons. The number of hydrogen-bond donors (Lipinski definition) is 0.